The predicted octanol–water partition coefficient (Wildman–Crippen LogP) is 4.34. The summed E-state index contributed by atoms with van der Waals surface area (Å²) in [6, 6.07) is 8.50. The molecule has 36 heavy (non-hydrogen) atoms. The van der Waals surface area contributed by atoms with Gasteiger partial charge in [-0.3, -0.25) is 5.10 Å². The maximum absolute atomic E-state index is 13.8. The molecule has 0 saturated carbocycles. The number of benzene rings is 1. The van der Waals surface area contributed by atoms with E-state index in [4.69, 9.17) is 4.74 Å². The van der Waals surface area contributed by atoms with Gasteiger partial charge in [0.05, 0.1) is 24.4 Å². The highest BCUT2D eigenvalue weighted by atomic mass is 19.4. The molecule has 1 aromatic carbocycles. The van der Waals surface area contributed by atoms with Crippen molar-refractivity contribution in [3.05, 3.63) is 59.4 Å². The van der Waals surface area contributed by atoms with E-state index in [1.54, 1.807) is 13.3 Å². The van der Waals surface area contributed by atoms with Crippen LogP contribution in [0.25, 0.3) is 22.2 Å². The Labute approximate surface area is 206 Å². The van der Waals surface area contributed by atoms with Gasteiger partial charge in [0.1, 0.15) is 23.5 Å². The number of nitrogens with zero attached hydrogens (tertiary/aromatic N) is 5. The largest absolute Gasteiger partial charge is 0.433 e. The third-order valence-corrected chi connectivity index (χ3v) is 6.67. The molecule has 1 aliphatic heterocycles. The van der Waals surface area contributed by atoms with Crippen LogP contribution in [0.3, 0.4) is 0 Å². The fraction of sp³-hybridized carbons (Fsp3) is 0.440. The molecule has 4 heterocycles. The Morgan fingerprint density at radius 2 is 1.97 bits per heavy atom. The van der Waals surface area contributed by atoms with Gasteiger partial charge in [-0.05, 0) is 24.6 Å². The van der Waals surface area contributed by atoms with Crippen LogP contribution in [0.5, 0.6) is 0 Å². The number of fused-ring (bicyclic) bond motifs is 1. The van der Waals surface area contributed by atoms with Crippen LogP contribution >= 0.6 is 0 Å². The molecule has 0 aliphatic carbocycles. The third-order valence-electron chi connectivity index (χ3n) is 6.67. The molecule has 3 aromatic heterocycles. The van der Waals surface area contributed by atoms with E-state index in [9.17, 15) is 13.2 Å². The fourth-order valence-corrected chi connectivity index (χ4v) is 4.78. The Bertz CT molecular complexity index is 1390. The molecular formula is C25H28F3N7O. The van der Waals surface area contributed by atoms with Crippen molar-refractivity contribution in [1.29, 1.82) is 0 Å². The van der Waals surface area contributed by atoms with E-state index in [1.165, 1.54) is 0 Å². The van der Waals surface area contributed by atoms with Crippen molar-refractivity contribution in [2.24, 2.45) is 7.05 Å². The second-order valence-electron chi connectivity index (χ2n) is 9.82. The lowest BCUT2D eigenvalue weighted by Crippen LogP contribution is -2.49. The van der Waals surface area contributed by atoms with E-state index in [-0.39, 0.29) is 17.2 Å². The Balaban J connectivity index is 1.60. The number of hydrogen-bond acceptors (Lipinski definition) is 6. The van der Waals surface area contributed by atoms with E-state index in [0.717, 1.165) is 23.0 Å². The highest BCUT2D eigenvalue weighted by molar-refractivity contribution is 5.94. The SMILES string of the molecule is CC(C)N[C@@H](C)c1nc(C(F)(F)F)cc2c(-c3cccc(C4(Cc5nncn5C)COC4)c3)n[nH]c12. The summed E-state index contributed by atoms with van der Waals surface area (Å²) in [4.78, 5) is 3.97. The van der Waals surface area contributed by atoms with Crippen molar-refractivity contribution in [3.63, 3.8) is 0 Å². The maximum atomic E-state index is 13.8. The number of aromatic amines is 1. The van der Waals surface area contributed by atoms with Crippen molar-refractivity contribution >= 4 is 10.9 Å². The number of aryl methyl sites for hydroxylation is 1. The summed E-state index contributed by atoms with van der Waals surface area (Å²) in [7, 11) is 1.90. The third kappa shape index (κ3) is 4.37. The molecule has 0 unspecified atom stereocenters. The quantitative estimate of drug-likeness (QED) is 0.393. The van der Waals surface area contributed by atoms with Gasteiger partial charge in [0, 0.05) is 41.9 Å². The number of ether oxygens (including phenoxy) is 1. The average molecular weight is 500 g/mol. The van der Waals surface area contributed by atoms with E-state index < -0.39 is 17.9 Å². The van der Waals surface area contributed by atoms with Crippen molar-refractivity contribution in [3.8, 4) is 11.3 Å². The molecule has 2 N–H and O–H groups in total. The molecule has 1 atom stereocenters. The first-order valence-electron chi connectivity index (χ1n) is 11.8. The van der Waals surface area contributed by atoms with Crippen molar-refractivity contribution in [1.82, 2.24) is 35.3 Å². The lowest BCUT2D eigenvalue weighted by atomic mass is 9.75. The highest BCUT2D eigenvalue weighted by Gasteiger charge is 2.42. The lowest BCUT2D eigenvalue weighted by molar-refractivity contribution is -0.141. The molecule has 1 fully saturated rings. The number of nitrogens with one attached hydrogen (secondary N) is 2. The Morgan fingerprint density at radius 1 is 1.19 bits per heavy atom. The molecule has 0 spiro atoms. The molecule has 1 saturated heterocycles. The summed E-state index contributed by atoms with van der Waals surface area (Å²) in [5.41, 5.74) is 1.74. The molecule has 190 valence electrons. The zero-order valence-corrected chi connectivity index (χ0v) is 20.5. The van der Waals surface area contributed by atoms with Crippen LogP contribution in [0.2, 0.25) is 0 Å². The zero-order valence-electron chi connectivity index (χ0n) is 20.5. The van der Waals surface area contributed by atoms with Crippen molar-refractivity contribution < 1.29 is 17.9 Å². The van der Waals surface area contributed by atoms with Crippen LogP contribution in [-0.2, 0) is 29.8 Å². The summed E-state index contributed by atoms with van der Waals surface area (Å²) in [6.07, 6.45) is -2.28. The van der Waals surface area contributed by atoms with Gasteiger partial charge in [-0.1, -0.05) is 32.0 Å². The minimum atomic E-state index is -4.58. The number of aromatic nitrogens is 6. The van der Waals surface area contributed by atoms with Gasteiger partial charge in [0.2, 0.25) is 0 Å². The van der Waals surface area contributed by atoms with E-state index in [1.807, 2.05) is 49.7 Å². The summed E-state index contributed by atoms with van der Waals surface area (Å²) >= 11 is 0. The van der Waals surface area contributed by atoms with Crippen LogP contribution in [0, 0.1) is 0 Å². The number of H-pyrrole nitrogens is 1. The van der Waals surface area contributed by atoms with Gasteiger partial charge in [-0.25, -0.2) is 4.98 Å². The topological polar surface area (TPSA) is 93.5 Å². The second kappa shape index (κ2) is 8.97. The first kappa shape index (κ1) is 24.4. The van der Waals surface area contributed by atoms with Gasteiger partial charge in [0.15, 0.2) is 0 Å². The van der Waals surface area contributed by atoms with Crippen LogP contribution in [0.15, 0.2) is 36.7 Å². The van der Waals surface area contributed by atoms with Crippen LogP contribution in [0.4, 0.5) is 13.2 Å². The minimum absolute atomic E-state index is 0.0697. The molecule has 4 aromatic rings. The predicted molar refractivity (Wildman–Crippen MR) is 128 cm³/mol. The molecule has 11 heteroatoms. The average Bonchev–Trinajstić information content (AvgIpc) is 3.40. The molecule has 0 radical (unpaired) electrons. The second-order valence-corrected chi connectivity index (χ2v) is 9.82. The normalized spacial score (nSPS) is 16.4. The van der Waals surface area contributed by atoms with Gasteiger partial charge in [-0.15, -0.1) is 10.2 Å². The molecular weight excluding hydrogens is 471 g/mol. The zero-order chi connectivity index (χ0) is 25.7. The maximum Gasteiger partial charge on any atom is 0.433 e. The molecule has 1 aliphatic rings. The van der Waals surface area contributed by atoms with Gasteiger partial charge in [0.25, 0.3) is 0 Å². The Hall–Kier alpha value is -3.31. The molecule has 0 amide bonds. The lowest BCUT2D eigenvalue weighted by Gasteiger charge is -2.41. The van der Waals surface area contributed by atoms with Crippen LogP contribution < -0.4 is 5.32 Å². The van der Waals surface area contributed by atoms with Gasteiger partial charge < -0.3 is 14.6 Å². The van der Waals surface area contributed by atoms with Gasteiger partial charge in [-0.2, -0.15) is 18.3 Å². The number of halogens is 3. The van der Waals surface area contributed by atoms with E-state index in [2.05, 4.69) is 30.7 Å². The number of pyridine rings is 1. The number of alkyl halides is 3. The van der Waals surface area contributed by atoms with Gasteiger partial charge >= 0.3 is 6.18 Å². The monoisotopic (exact) mass is 499 g/mol. The van der Waals surface area contributed by atoms with E-state index in [0.29, 0.717) is 36.2 Å². The number of rotatable bonds is 7. The Morgan fingerprint density at radius 3 is 2.58 bits per heavy atom. The highest BCUT2D eigenvalue weighted by Crippen LogP contribution is 2.39. The minimum Gasteiger partial charge on any atom is -0.379 e. The summed E-state index contributed by atoms with van der Waals surface area (Å²) in [5, 5.41) is 19.2. The first-order valence-corrected chi connectivity index (χ1v) is 11.8. The van der Waals surface area contributed by atoms with E-state index >= 15 is 0 Å². The summed E-state index contributed by atoms with van der Waals surface area (Å²) < 4.78 is 48.9. The summed E-state index contributed by atoms with van der Waals surface area (Å²) in [5.74, 6) is 0.839. The fourth-order valence-electron chi connectivity index (χ4n) is 4.78. The van der Waals surface area contributed by atoms with Crippen LogP contribution in [-0.4, -0.2) is 49.2 Å². The molecule has 8 nitrogen and oxygen atoms in total. The smallest absolute Gasteiger partial charge is 0.379 e. The summed E-state index contributed by atoms with van der Waals surface area (Å²) in [6.45, 7) is 6.72. The molecule has 0 bridgehead atoms. The van der Waals surface area contributed by atoms with Crippen molar-refractivity contribution in [2.45, 2.75) is 50.9 Å². The number of hydrogen-bond donors (Lipinski definition) is 2. The Kier molecular flexibility index (Phi) is 6.08. The van der Waals surface area contributed by atoms with Crippen LogP contribution in [0.1, 0.15) is 49.6 Å². The first-order chi connectivity index (χ1) is 17.1. The van der Waals surface area contributed by atoms with Crippen molar-refractivity contribution in [2.75, 3.05) is 13.2 Å². The standard InChI is InChI=1S/C25H28F3N7O/c1-14(2)30-15(3)21-23-18(9-19(31-21)25(26,27)28)22(33-34-23)16-6-5-7-17(8-16)24(11-36-12-24)10-20-32-29-13-35(20)4/h5-9,13-15,30H,10-12H2,1-4H3,(H,33,34)/t15-/m0/s1. The molecule has 5 rings (SSSR count).